The van der Waals surface area contributed by atoms with Gasteiger partial charge in [-0.05, 0) is 88.8 Å². The van der Waals surface area contributed by atoms with Gasteiger partial charge in [0.05, 0.1) is 18.4 Å². The van der Waals surface area contributed by atoms with Gasteiger partial charge in [0, 0.05) is 36.8 Å². The van der Waals surface area contributed by atoms with E-state index in [9.17, 15) is 63.0 Å². The third-order valence-corrected chi connectivity index (χ3v) is 14.3. The van der Waals surface area contributed by atoms with Crippen molar-refractivity contribution in [2.45, 2.75) is 132 Å². The lowest BCUT2D eigenvalue weighted by atomic mass is 9.96. The predicted octanol–water partition coefficient (Wildman–Crippen LogP) is -6.25. The zero-order chi connectivity index (χ0) is 64.2. The number of nitrogens with one attached hydrogen (secondary N) is 11. The summed E-state index contributed by atoms with van der Waals surface area (Å²) in [7, 11) is 0. The van der Waals surface area contributed by atoms with E-state index in [0.717, 1.165) is 5.56 Å². The molecule has 3 aromatic rings. The SMILES string of the molecule is CCC(C)C1NC(=O)C(Cc2ccccc2)NC(=O)C(CCN)NC(=O)C(NC(=O)C(CN)NC(=O)C(CO)NC(=O)C(CCN)NC(=O)c2ccnc(-c3ccccc3)c2)CCNC(=O)C(C(C)O)NC(=O)C(CCN)NC(=O)C(CCN)NC1=O. The predicted molar refractivity (Wildman–Crippen MR) is 318 cm³/mol. The molecule has 12 atom stereocenters. The summed E-state index contributed by atoms with van der Waals surface area (Å²) in [5, 5.41) is 48.8. The lowest BCUT2D eigenvalue weighted by Crippen LogP contribution is -2.62. The van der Waals surface area contributed by atoms with Gasteiger partial charge in [0.1, 0.15) is 60.4 Å². The van der Waals surface area contributed by atoms with Crippen LogP contribution in [0.3, 0.4) is 0 Å². The second kappa shape index (κ2) is 36.5. The van der Waals surface area contributed by atoms with Gasteiger partial charge in [0.2, 0.25) is 59.1 Å². The van der Waals surface area contributed by atoms with Gasteiger partial charge in [-0.3, -0.25) is 57.7 Å². The number of aliphatic hydroxyl groups is 2. The van der Waals surface area contributed by atoms with Crippen LogP contribution in [0.5, 0.6) is 0 Å². The first-order valence-corrected chi connectivity index (χ1v) is 28.8. The Morgan fingerprint density at radius 1 is 0.598 bits per heavy atom. The number of nitrogens with two attached hydrogens (primary N) is 5. The number of aliphatic hydroxyl groups excluding tert-OH is 2. The van der Waals surface area contributed by atoms with Crippen molar-refractivity contribution in [1.82, 2.24) is 63.5 Å². The number of amides is 11. The lowest BCUT2D eigenvalue weighted by molar-refractivity contribution is -0.136. The number of nitrogens with zero attached hydrogens (tertiary/aromatic N) is 1. The Labute approximate surface area is 503 Å². The van der Waals surface area contributed by atoms with Gasteiger partial charge in [0.25, 0.3) is 5.91 Å². The van der Waals surface area contributed by atoms with Crippen molar-refractivity contribution in [3.8, 4) is 11.3 Å². The van der Waals surface area contributed by atoms with Crippen LogP contribution in [0, 0.1) is 5.92 Å². The summed E-state index contributed by atoms with van der Waals surface area (Å²) in [5.41, 5.74) is 31.4. The average Bonchev–Trinajstić information content (AvgIpc) is 3.63. The zero-order valence-corrected chi connectivity index (χ0v) is 49.1. The molecule has 11 amide bonds. The van der Waals surface area contributed by atoms with Crippen molar-refractivity contribution in [3.05, 3.63) is 90.1 Å². The molecule has 0 aliphatic carbocycles. The maximum absolute atomic E-state index is 14.5. The van der Waals surface area contributed by atoms with Gasteiger partial charge in [-0.25, -0.2) is 0 Å². The van der Waals surface area contributed by atoms with Crippen LogP contribution in [0.1, 0.15) is 75.2 Å². The Balaban J connectivity index is 1.67. The van der Waals surface area contributed by atoms with Crippen molar-refractivity contribution in [1.29, 1.82) is 0 Å². The van der Waals surface area contributed by atoms with Crippen LogP contribution >= 0.6 is 0 Å². The molecule has 0 saturated carbocycles. The standard InChI is InChI=1S/C57H85N17O13/c1-4-31(2)45-57(87)69-38(17-23-60)48(78)67-39(18-24-61)52(82)74-46(32(3)76)56(86)64-26-20-40(51(81)66-37(16-22-59)49(79)70-42(53(83)73-45)27-33-11-7-5-8-12-33)68-54(84)43(29-62)71-55(85)44(30-75)72-50(80)36(15-21-58)65-47(77)35-19-25-63-41(28-35)34-13-9-6-10-14-34/h5-14,19,25,28,31-32,36-40,42-46,75-76H,4,15-18,20-24,26-27,29-30,58-62H2,1-3H3,(H,64,86)(H,65,77)(H,66,81)(H,67,78)(H,68,84)(H,69,87)(H,70,79)(H,71,85)(H,72,80)(H,73,83)(H,74,82). The highest BCUT2D eigenvalue weighted by Gasteiger charge is 2.37. The molecule has 1 fully saturated rings. The second-order valence-electron chi connectivity index (χ2n) is 20.8. The van der Waals surface area contributed by atoms with E-state index >= 15 is 0 Å². The van der Waals surface area contributed by atoms with Crippen molar-refractivity contribution in [2.75, 3.05) is 45.9 Å². The molecule has 87 heavy (non-hydrogen) atoms. The molecule has 476 valence electrons. The quantitative estimate of drug-likeness (QED) is 0.0397. The Bertz CT molecular complexity index is 2800. The fourth-order valence-electron chi connectivity index (χ4n) is 9.04. The molecule has 1 aromatic heterocycles. The molecule has 30 nitrogen and oxygen atoms in total. The van der Waals surface area contributed by atoms with Crippen LogP contribution < -0.4 is 87.2 Å². The molecule has 1 aliphatic heterocycles. The number of benzene rings is 2. The summed E-state index contributed by atoms with van der Waals surface area (Å²) in [6, 6.07) is 5.23. The Kier molecular flexibility index (Phi) is 29.7. The molecule has 12 unspecified atom stereocenters. The van der Waals surface area contributed by atoms with Crippen LogP contribution in [0.15, 0.2) is 79.0 Å². The normalized spacial score (nSPS) is 22.1. The summed E-state index contributed by atoms with van der Waals surface area (Å²) in [6.45, 7) is 1.89. The van der Waals surface area contributed by atoms with Crippen molar-refractivity contribution in [3.63, 3.8) is 0 Å². The highest BCUT2D eigenvalue weighted by molar-refractivity contribution is 6.01. The van der Waals surface area contributed by atoms with E-state index in [4.69, 9.17) is 28.7 Å². The van der Waals surface area contributed by atoms with Crippen molar-refractivity contribution in [2.24, 2.45) is 34.6 Å². The first-order valence-electron chi connectivity index (χ1n) is 28.8. The van der Waals surface area contributed by atoms with Crippen LogP contribution in [0.2, 0.25) is 0 Å². The van der Waals surface area contributed by atoms with E-state index in [-0.39, 0.29) is 63.8 Å². The third kappa shape index (κ3) is 22.1. The minimum atomic E-state index is -1.75. The topological polar surface area (TPSA) is 504 Å². The second-order valence-corrected chi connectivity index (χ2v) is 20.8. The van der Waals surface area contributed by atoms with E-state index in [1.807, 2.05) is 6.07 Å². The molecular formula is C57H85N17O13. The number of carbonyl (C=O) groups is 11. The van der Waals surface area contributed by atoms with E-state index in [2.05, 4.69) is 63.5 Å². The molecule has 0 bridgehead atoms. The first kappa shape index (κ1) is 71.0. The molecule has 2 aromatic carbocycles. The van der Waals surface area contributed by atoms with Crippen LogP contribution in [-0.2, 0) is 54.4 Å². The van der Waals surface area contributed by atoms with Crippen LogP contribution in [0.25, 0.3) is 11.3 Å². The van der Waals surface area contributed by atoms with Crippen molar-refractivity contribution < 1.29 is 63.0 Å². The Morgan fingerprint density at radius 2 is 1.11 bits per heavy atom. The minimum Gasteiger partial charge on any atom is -0.394 e. The van der Waals surface area contributed by atoms with Crippen LogP contribution in [0.4, 0.5) is 0 Å². The highest BCUT2D eigenvalue weighted by Crippen LogP contribution is 2.18. The third-order valence-electron chi connectivity index (χ3n) is 14.3. The fourth-order valence-corrected chi connectivity index (χ4v) is 9.04. The number of hydrogen-bond acceptors (Lipinski definition) is 19. The summed E-state index contributed by atoms with van der Waals surface area (Å²) in [6.07, 6.45) is -1.13. The number of hydrogen-bond donors (Lipinski definition) is 18. The maximum atomic E-state index is 14.5. The summed E-state index contributed by atoms with van der Waals surface area (Å²) < 4.78 is 0. The van der Waals surface area contributed by atoms with Gasteiger partial charge in [0.15, 0.2) is 0 Å². The number of aromatic nitrogens is 1. The minimum absolute atomic E-state index is 0.0949. The first-order chi connectivity index (χ1) is 41.6. The lowest BCUT2D eigenvalue weighted by Gasteiger charge is -2.30. The molecule has 0 radical (unpaired) electrons. The largest absolute Gasteiger partial charge is 0.394 e. The molecule has 0 spiro atoms. The molecule has 4 rings (SSSR count). The molecule has 2 heterocycles. The molecule has 1 aliphatic rings. The van der Waals surface area contributed by atoms with Gasteiger partial charge in [-0.2, -0.15) is 0 Å². The van der Waals surface area contributed by atoms with Gasteiger partial charge in [-0.1, -0.05) is 80.9 Å². The highest BCUT2D eigenvalue weighted by atomic mass is 16.3. The summed E-state index contributed by atoms with van der Waals surface area (Å²) in [5.74, 6) is -10.9. The molecule has 30 heteroatoms. The smallest absolute Gasteiger partial charge is 0.252 e. The van der Waals surface area contributed by atoms with E-state index < -0.39 is 164 Å². The van der Waals surface area contributed by atoms with Crippen molar-refractivity contribution >= 4 is 65.0 Å². The molecule has 1 saturated heterocycles. The maximum Gasteiger partial charge on any atom is 0.252 e. The average molecular weight is 1220 g/mol. The number of rotatable bonds is 24. The fraction of sp³-hybridized carbons (Fsp3) is 0.509. The number of carbonyl (C=O) groups excluding carboxylic acids is 11. The zero-order valence-electron chi connectivity index (χ0n) is 49.1. The monoisotopic (exact) mass is 1220 g/mol. The molecule has 23 N–H and O–H groups in total. The van der Waals surface area contributed by atoms with Gasteiger partial charge < -0.3 is 97.4 Å². The van der Waals surface area contributed by atoms with Gasteiger partial charge in [-0.15, -0.1) is 0 Å². The van der Waals surface area contributed by atoms with E-state index in [0.29, 0.717) is 17.7 Å². The Morgan fingerprint density at radius 3 is 1.67 bits per heavy atom. The van der Waals surface area contributed by atoms with Gasteiger partial charge >= 0.3 is 0 Å². The Hall–Kier alpha value is -8.52. The number of pyridine rings is 1. The van der Waals surface area contributed by atoms with E-state index in [1.165, 1.54) is 25.3 Å². The van der Waals surface area contributed by atoms with E-state index in [1.54, 1.807) is 68.4 Å². The van der Waals surface area contributed by atoms with Crippen LogP contribution in [-0.4, -0.2) is 193 Å². The summed E-state index contributed by atoms with van der Waals surface area (Å²) in [4.78, 5) is 158. The molecular weight excluding hydrogens is 1130 g/mol. The summed E-state index contributed by atoms with van der Waals surface area (Å²) >= 11 is 0.